The van der Waals surface area contributed by atoms with Crippen LogP contribution in [0.3, 0.4) is 0 Å². The van der Waals surface area contributed by atoms with Crippen molar-refractivity contribution >= 4 is 18.2 Å². The van der Waals surface area contributed by atoms with Gasteiger partial charge in [0, 0.05) is 18.5 Å². The zero-order valence-corrected chi connectivity index (χ0v) is 20.0. The van der Waals surface area contributed by atoms with Gasteiger partial charge in [-0.2, -0.15) is 4.98 Å². The summed E-state index contributed by atoms with van der Waals surface area (Å²) in [7, 11) is 1.41. The normalized spacial score (nSPS) is 10.5. The number of nitrogens with one attached hydrogen (secondary N) is 1. The molecule has 190 valence electrons. The van der Waals surface area contributed by atoms with Crippen LogP contribution in [0.2, 0.25) is 0 Å². The van der Waals surface area contributed by atoms with Crippen LogP contribution in [0.1, 0.15) is 30.7 Å². The lowest BCUT2D eigenvalue weighted by atomic mass is 10.2. The Morgan fingerprint density at radius 3 is 2.69 bits per heavy atom. The van der Waals surface area contributed by atoms with E-state index in [1.807, 2.05) is 30.3 Å². The van der Waals surface area contributed by atoms with Crippen molar-refractivity contribution < 1.29 is 28.4 Å². The van der Waals surface area contributed by atoms with E-state index in [2.05, 4.69) is 19.6 Å². The fourth-order valence-corrected chi connectivity index (χ4v) is 3.13. The van der Waals surface area contributed by atoms with Crippen molar-refractivity contribution in [3.63, 3.8) is 0 Å². The standard InChI is InChI=1S/C14H20FN5O3S.C8H9NO2/c1-22-12-9-10(6-7-11(12)15)14-18-13(23-19-14)5-3-2-4-8-17-24-20(16)21;9-8(10)11-6-7-4-2-1-3-5-7/h6-7,9,17,21H,2-5,8,16H2,1H3;1-5H,6H2,(H2,9,10). The Morgan fingerprint density at radius 2 is 2.00 bits per heavy atom. The molecule has 0 saturated heterocycles. The molecule has 2 aromatic carbocycles. The molecule has 11 nitrogen and oxygen atoms in total. The first-order valence-corrected chi connectivity index (χ1v) is 11.4. The Kier molecular flexibility index (Phi) is 12.5. The van der Waals surface area contributed by atoms with Crippen molar-refractivity contribution in [2.75, 3.05) is 13.7 Å². The van der Waals surface area contributed by atoms with Crippen molar-refractivity contribution in [3.05, 3.63) is 65.8 Å². The molecular weight excluding hydrogens is 479 g/mol. The van der Waals surface area contributed by atoms with E-state index in [9.17, 15) is 9.18 Å². The lowest BCUT2D eigenvalue weighted by Gasteiger charge is -2.06. The molecule has 0 atom stereocenters. The Hall–Kier alpha value is -3.23. The number of primary amides is 1. The van der Waals surface area contributed by atoms with Crippen molar-refractivity contribution in [3.8, 4) is 17.1 Å². The zero-order valence-electron chi connectivity index (χ0n) is 19.2. The van der Waals surface area contributed by atoms with E-state index in [-0.39, 0.29) is 12.4 Å². The first-order valence-electron chi connectivity index (χ1n) is 10.6. The van der Waals surface area contributed by atoms with Gasteiger partial charge in [-0.05, 0) is 36.6 Å². The number of amides is 1. The summed E-state index contributed by atoms with van der Waals surface area (Å²) in [6.07, 6.45) is 2.71. The summed E-state index contributed by atoms with van der Waals surface area (Å²) in [6.45, 7) is 0.972. The molecule has 35 heavy (non-hydrogen) atoms. The minimum atomic E-state index is -0.742. The largest absolute Gasteiger partial charge is 0.494 e. The topological polar surface area (TPSA) is 162 Å². The van der Waals surface area contributed by atoms with Gasteiger partial charge in [-0.3, -0.25) is 5.21 Å². The second-order valence-electron chi connectivity index (χ2n) is 7.05. The number of unbranched alkanes of at least 4 members (excludes halogenated alkanes) is 2. The molecule has 1 heterocycles. The van der Waals surface area contributed by atoms with Gasteiger partial charge in [-0.1, -0.05) is 46.5 Å². The fraction of sp³-hybridized carbons (Fsp3) is 0.318. The predicted octanol–water partition coefficient (Wildman–Crippen LogP) is 3.60. The number of carbonyl (C=O) groups is 1. The highest BCUT2D eigenvalue weighted by atomic mass is 32.2. The maximum absolute atomic E-state index is 13.4. The van der Waals surface area contributed by atoms with Crippen LogP contribution in [-0.2, 0) is 17.8 Å². The maximum atomic E-state index is 13.4. The number of hydrogen-bond donors (Lipinski definition) is 4. The lowest BCUT2D eigenvalue weighted by Crippen LogP contribution is -2.24. The molecule has 1 aromatic heterocycles. The number of nitrogens with two attached hydrogens (primary N) is 2. The van der Waals surface area contributed by atoms with E-state index in [0.717, 1.165) is 43.5 Å². The van der Waals surface area contributed by atoms with Gasteiger partial charge in [0.2, 0.25) is 11.7 Å². The smallest absolute Gasteiger partial charge is 0.404 e. The molecule has 0 saturated carbocycles. The van der Waals surface area contributed by atoms with Crippen LogP contribution < -0.4 is 21.0 Å². The van der Waals surface area contributed by atoms with E-state index in [1.165, 1.54) is 19.2 Å². The number of hydrogen-bond acceptors (Lipinski definition) is 11. The van der Waals surface area contributed by atoms with Crippen LogP contribution in [0.15, 0.2) is 53.1 Å². The molecule has 0 bridgehead atoms. The SMILES string of the molecule is COc1cc(-c2noc(CCCCCNSN(N)O)n2)ccc1F.NC(=O)OCc1ccccc1. The van der Waals surface area contributed by atoms with Crippen molar-refractivity contribution in [2.45, 2.75) is 32.3 Å². The number of methoxy groups -OCH3 is 1. The Morgan fingerprint density at radius 1 is 1.23 bits per heavy atom. The first kappa shape index (κ1) is 28.0. The van der Waals surface area contributed by atoms with Crippen LogP contribution in [0, 0.1) is 5.82 Å². The van der Waals surface area contributed by atoms with Crippen LogP contribution in [-0.4, -0.2) is 39.7 Å². The molecule has 0 spiro atoms. The van der Waals surface area contributed by atoms with Gasteiger partial charge < -0.3 is 19.7 Å². The number of rotatable bonds is 12. The quantitative estimate of drug-likeness (QED) is 0.122. The van der Waals surface area contributed by atoms with Crippen LogP contribution in [0.25, 0.3) is 11.4 Å². The van der Waals surface area contributed by atoms with Crippen molar-refractivity contribution in [1.82, 2.24) is 19.4 Å². The lowest BCUT2D eigenvalue weighted by molar-refractivity contribution is 0.0154. The molecule has 13 heteroatoms. The Labute approximate surface area is 206 Å². The third kappa shape index (κ3) is 11.2. The number of carbonyl (C=O) groups excluding carboxylic acids is 1. The van der Waals surface area contributed by atoms with Gasteiger partial charge in [-0.25, -0.2) is 19.7 Å². The van der Waals surface area contributed by atoms with Crippen LogP contribution >= 0.6 is 12.1 Å². The summed E-state index contributed by atoms with van der Waals surface area (Å²) in [5, 5.41) is 12.6. The Balaban J connectivity index is 0.000000328. The number of ether oxygens (including phenoxy) is 2. The van der Waals surface area contributed by atoms with Crippen molar-refractivity contribution in [1.29, 1.82) is 0 Å². The average molecular weight is 509 g/mol. The van der Waals surface area contributed by atoms with Crippen LogP contribution in [0.5, 0.6) is 5.75 Å². The molecule has 0 aliphatic carbocycles. The summed E-state index contributed by atoms with van der Waals surface area (Å²) < 4.78 is 31.5. The van der Waals surface area contributed by atoms with E-state index < -0.39 is 11.9 Å². The van der Waals surface area contributed by atoms with Gasteiger partial charge in [0.25, 0.3) is 0 Å². The maximum Gasteiger partial charge on any atom is 0.404 e. The molecule has 1 amide bonds. The minimum Gasteiger partial charge on any atom is -0.494 e. The van der Waals surface area contributed by atoms with Crippen LogP contribution in [0.4, 0.5) is 9.18 Å². The second kappa shape index (κ2) is 15.6. The third-order valence-corrected chi connectivity index (χ3v) is 4.95. The summed E-state index contributed by atoms with van der Waals surface area (Å²) in [5.41, 5.74) is 6.35. The summed E-state index contributed by atoms with van der Waals surface area (Å²) in [6, 6.07) is 13.8. The van der Waals surface area contributed by atoms with Gasteiger partial charge in [-0.15, -0.1) is 0 Å². The highest BCUT2D eigenvalue weighted by molar-refractivity contribution is 7.94. The van der Waals surface area contributed by atoms with E-state index in [0.29, 0.717) is 28.3 Å². The number of hydrazine groups is 1. The monoisotopic (exact) mass is 508 g/mol. The number of halogens is 1. The number of benzene rings is 2. The highest BCUT2D eigenvalue weighted by Gasteiger charge is 2.11. The highest BCUT2D eigenvalue weighted by Crippen LogP contribution is 2.24. The molecule has 0 radical (unpaired) electrons. The Bertz CT molecular complexity index is 1020. The second-order valence-corrected chi connectivity index (χ2v) is 7.90. The summed E-state index contributed by atoms with van der Waals surface area (Å²) in [4.78, 5) is 14.5. The van der Waals surface area contributed by atoms with Gasteiger partial charge in [0.05, 0.1) is 19.2 Å². The molecule has 3 aromatic rings. The number of nitrogens with zero attached hydrogens (tertiary/aromatic N) is 3. The minimum absolute atomic E-state index is 0.142. The van der Waals surface area contributed by atoms with Gasteiger partial charge in [0.15, 0.2) is 11.6 Å². The molecule has 0 aliphatic rings. The fourth-order valence-electron chi connectivity index (χ4n) is 2.76. The number of aryl methyl sites for hydroxylation is 1. The molecule has 3 rings (SSSR count). The zero-order chi connectivity index (χ0) is 25.5. The predicted molar refractivity (Wildman–Crippen MR) is 128 cm³/mol. The molecule has 0 aliphatic heterocycles. The van der Waals surface area contributed by atoms with Crippen molar-refractivity contribution in [2.24, 2.45) is 11.6 Å². The molecular formula is C22H29FN6O5S. The number of aromatic nitrogens is 2. The molecule has 0 unspecified atom stereocenters. The summed E-state index contributed by atoms with van der Waals surface area (Å²) in [5.74, 6) is 5.68. The third-order valence-electron chi connectivity index (χ3n) is 4.43. The van der Waals surface area contributed by atoms with Gasteiger partial charge >= 0.3 is 6.09 Å². The van der Waals surface area contributed by atoms with E-state index >= 15 is 0 Å². The van der Waals surface area contributed by atoms with Gasteiger partial charge in [0.1, 0.15) is 6.61 Å². The van der Waals surface area contributed by atoms with E-state index in [4.69, 9.17) is 26.0 Å². The summed E-state index contributed by atoms with van der Waals surface area (Å²) >= 11 is 0.929. The average Bonchev–Trinajstić information content (AvgIpc) is 3.32. The van der Waals surface area contributed by atoms with E-state index in [1.54, 1.807) is 6.07 Å². The first-order chi connectivity index (χ1) is 16.9. The molecule has 6 N–H and O–H groups in total. The molecule has 0 fully saturated rings.